The number of piperidine rings is 3. The summed E-state index contributed by atoms with van der Waals surface area (Å²) in [5.74, 6) is 0.639. The van der Waals surface area contributed by atoms with Crippen LogP contribution < -0.4 is 11.1 Å². The third-order valence-electron chi connectivity index (χ3n) is 4.68. The molecule has 1 aromatic heterocycles. The van der Waals surface area contributed by atoms with Gasteiger partial charge in [-0.1, -0.05) is 0 Å². The number of benzene rings is 1. The summed E-state index contributed by atoms with van der Waals surface area (Å²) in [5, 5.41) is 4.11. The van der Waals surface area contributed by atoms with E-state index < -0.39 is 0 Å². The van der Waals surface area contributed by atoms with E-state index in [9.17, 15) is 4.79 Å². The number of rotatable bonds is 2. The van der Waals surface area contributed by atoms with Gasteiger partial charge in [0.1, 0.15) is 4.88 Å². The van der Waals surface area contributed by atoms with Gasteiger partial charge >= 0.3 is 0 Å². The van der Waals surface area contributed by atoms with E-state index in [1.54, 1.807) is 0 Å². The second-order valence-electron chi connectivity index (χ2n) is 6.01. The number of nitrogens with zero attached hydrogens (tertiary/aromatic N) is 2. The predicted molar refractivity (Wildman–Crippen MR) is 84.5 cm³/mol. The molecule has 2 aromatic rings. The van der Waals surface area contributed by atoms with Crippen molar-refractivity contribution in [3.63, 3.8) is 0 Å². The Morgan fingerprint density at radius 2 is 2.19 bits per heavy atom. The second-order valence-corrected chi connectivity index (χ2v) is 6.78. The molecule has 0 spiro atoms. The van der Waals surface area contributed by atoms with Crippen LogP contribution in [0.15, 0.2) is 18.2 Å². The summed E-state index contributed by atoms with van der Waals surface area (Å²) in [4.78, 5) is 15.7. The number of nitrogens with one attached hydrogen (secondary N) is 1. The molecular weight excluding hydrogens is 284 g/mol. The maximum Gasteiger partial charge on any atom is 0.263 e. The zero-order valence-corrected chi connectivity index (χ0v) is 12.5. The molecule has 4 heterocycles. The van der Waals surface area contributed by atoms with E-state index in [-0.39, 0.29) is 11.9 Å². The first-order chi connectivity index (χ1) is 10.2. The van der Waals surface area contributed by atoms with E-state index >= 15 is 0 Å². The highest BCUT2D eigenvalue weighted by Gasteiger charge is 2.35. The summed E-state index contributed by atoms with van der Waals surface area (Å²) < 4.78 is 4.33. The molecule has 3 fully saturated rings. The van der Waals surface area contributed by atoms with E-state index in [0.29, 0.717) is 16.5 Å². The van der Waals surface area contributed by atoms with Gasteiger partial charge in [-0.15, -0.1) is 0 Å². The quantitative estimate of drug-likeness (QED) is 0.828. The van der Waals surface area contributed by atoms with Crippen molar-refractivity contribution in [1.82, 2.24) is 14.6 Å². The van der Waals surface area contributed by atoms with Crippen LogP contribution in [0.5, 0.6) is 0 Å². The van der Waals surface area contributed by atoms with E-state index in [1.807, 2.05) is 18.2 Å². The number of hydrogen-bond acceptors (Lipinski definition) is 5. The molecule has 2 bridgehead atoms. The number of fused-ring (bicyclic) bond motifs is 4. The lowest BCUT2D eigenvalue weighted by Crippen LogP contribution is -2.57. The molecule has 1 amide bonds. The van der Waals surface area contributed by atoms with Crippen molar-refractivity contribution in [2.45, 2.75) is 18.9 Å². The van der Waals surface area contributed by atoms with Gasteiger partial charge in [-0.3, -0.25) is 4.79 Å². The zero-order valence-electron chi connectivity index (χ0n) is 11.7. The fraction of sp³-hybridized carbons (Fsp3) is 0.467. The highest BCUT2D eigenvalue weighted by molar-refractivity contribution is 7.09. The topological polar surface area (TPSA) is 71.2 Å². The van der Waals surface area contributed by atoms with Gasteiger partial charge in [0.15, 0.2) is 0 Å². The van der Waals surface area contributed by atoms with Gasteiger partial charge in [0.05, 0.1) is 5.52 Å². The molecule has 0 radical (unpaired) electrons. The lowest BCUT2D eigenvalue weighted by atomic mass is 9.84. The van der Waals surface area contributed by atoms with Gasteiger partial charge in [0.2, 0.25) is 0 Å². The van der Waals surface area contributed by atoms with Crippen molar-refractivity contribution >= 4 is 34.0 Å². The first kappa shape index (κ1) is 13.0. The largest absolute Gasteiger partial charge is 0.399 e. The van der Waals surface area contributed by atoms with Crippen molar-refractivity contribution in [1.29, 1.82) is 0 Å². The van der Waals surface area contributed by atoms with E-state index in [2.05, 4.69) is 14.6 Å². The third-order valence-corrected chi connectivity index (χ3v) is 5.56. The van der Waals surface area contributed by atoms with Crippen LogP contribution in [0.1, 0.15) is 22.5 Å². The molecule has 3 aliphatic heterocycles. The fourth-order valence-electron chi connectivity index (χ4n) is 3.49. The molecule has 6 heteroatoms. The molecule has 0 aliphatic carbocycles. The van der Waals surface area contributed by atoms with Crippen LogP contribution in [-0.4, -0.2) is 40.9 Å². The molecule has 5 rings (SSSR count). The maximum atomic E-state index is 12.6. The molecule has 1 aromatic carbocycles. The summed E-state index contributed by atoms with van der Waals surface area (Å²) in [6.45, 7) is 3.35. The Hall–Kier alpha value is -1.66. The van der Waals surface area contributed by atoms with Crippen LogP contribution in [0.2, 0.25) is 0 Å². The van der Waals surface area contributed by atoms with Crippen LogP contribution in [0.25, 0.3) is 10.9 Å². The van der Waals surface area contributed by atoms with Crippen LogP contribution in [0.4, 0.5) is 5.69 Å². The SMILES string of the molecule is Nc1ccc2c(C(=O)N[C@@H]3CN4CCC3CC4)snc2c1. The summed E-state index contributed by atoms with van der Waals surface area (Å²) in [6.07, 6.45) is 2.40. The van der Waals surface area contributed by atoms with Crippen LogP contribution in [0.3, 0.4) is 0 Å². The highest BCUT2D eigenvalue weighted by Crippen LogP contribution is 2.29. The first-order valence-corrected chi connectivity index (χ1v) is 8.16. The molecule has 21 heavy (non-hydrogen) atoms. The average molecular weight is 302 g/mol. The standard InChI is InChI=1S/C15H18N4OS/c16-10-1-2-11-12(7-10)18-21-14(11)15(20)17-13-8-19-5-3-9(13)4-6-19/h1-2,7,9,13H,3-6,8,16H2,(H,17,20)/t13-/m1/s1. The van der Waals surface area contributed by atoms with Gasteiger partial charge in [0, 0.05) is 23.7 Å². The number of amides is 1. The molecule has 3 N–H and O–H groups in total. The minimum absolute atomic E-state index is 0.00558. The summed E-state index contributed by atoms with van der Waals surface area (Å²) in [7, 11) is 0. The molecule has 5 nitrogen and oxygen atoms in total. The van der Waals surface area contributed by atoms with E-state index in [1.165, 1.54) is 37.5 Å². The average Bonchev–Trinajstić information content (AvgIpc) is 2.91. The summed E-state index contributed by atoms with van der Waals surface area (Å²) in [6, 6.07) is 5.81. The van der Waals surface area contributed by atoms with Gasteiger partial charge in [-0.05, 0) is 61.6 Å². The van der Waals surface area contributed by atoms with Crippen molar-refractivity contribution in [3.05, 3.63) is 23.1 Å². The molecule has 0 unspecified atom stereocenters. The number of nitrogens with two attached hydrogens (primary N) is 1. The summed E-state index contributed by atoms with van der Waals surface area (Å²) in [5.41, 5.74) is 7.24. The minimum Gasteiger partial charge on any atom is -0.399 e. The van der Waals surface area contributed by atoms with Crippen LogP contribution >= 0.6 is 11.5 Å². The lowest BCUT2D eigenvalue weighted by molar-refractivity contribution is 0.0623. The lowest BCUT2D eigenvalue weighted by Gasteiger charge is -2.44. The highest BCUT2D eigenvalue weighted by atomic mass is 32.1. The van der Waals surface area contributed by atoms with Crippen LogP contribution in [-0.2, 0) is 0 Å². The van der Waals surface area contributed by atoms with E-state index in [4.69, 9.17) is 5.73 Å². The Morgan fingerprint density at radius 3 is 2.90 bits per heavy atom. The molecule has 0 saturated carbocycles. The zero-order chi connectivity index (χ0) is 14.4. The molecule has 110 valence electrons. The van der Waals surface area contributed by atoms with Crippen molar-refractivity contribution in [2.75, 3.05) is 25.4 Å². The number of hydrogen-bond donors (Lipinski definition) is 2. The Morgan fingerprint density at radius 1 is 1.38 bits per heavy atom. The number of carbonyl (C=O) groups excluding carboxylic acids is 1. The molecule has 3 aliphatic rings. The molecular formula is C15H18N4OS. The Kier molecular flexibility index (Phi) is 3.08. The monoisotopic (exact) mass is 302 g/mol. The maximum absolute atomic E-state index is 12.6. The van der Waals surface area contributed by atoms with E-state index in [0.717, 1.165) is 17.4 Å². The predicted octanol–water partition coefficient (Wildman–Crippen LogP) is 1.70. The van der Waals surface area contributed by atoms with Gasteiger partial charge < -0.3 is 16.0 Å². The molecule has 3 saturated heterocycles. The Labute approximate surface area is 127 Å². The second kappa shape index (κ2) is 4.96. The smallest absolute Gasteiger partial charge is 0.263 e. The van der Waals surface area contributed by atoms with Crippen molar-refractivity contribution in [2.24, 2.45) is 5.92 Å². The number of carbonyl (C=O) groups is 1. The summed E-state index contributed by atoms with van der Waals surface area (Å²) >= 11 is 1.26. The fourth-order valence-corrected chi connectivity index (χ4v) is 4.24. The Bertz CT molecular complexity index is 690. The third kappa shape index (κ3) is 2.28. The van der Waals surface area contributed by atoms with Crippen molar-refractivity contribution in [3.8, 4) is 0 Å². The number of aromatic nitrogens is 1. The minimum atomic E-state index is 0.00558. The first-order valence-electron chi connectivity index (χ1n) is 7.39. The van der Waals surface area contributed by atoms with Crippen LogP contribution in [0, 0.1) is 5.92 Å². The number of nitrogen functional groups attached to an aromatic ring is 1. The normalized spacial score (nSPS) is 27.9. The van der Waals surface area contributed by atoms with Crippen molar-refractivity contribution < 1.29 is 4.79 Å². The Balaban J connectivity index is 1.56. The van der Waals surface area contributed by atoms with Gasteiger partial charge in [0.25, 0.3) is 5.91 Å². The van der Waals surface area contributed by atoms with Gasteiger partial charge in [-0.25, -0.2) is 0 Å². The van der Waals surface area contributed by atoms with Gasteiger partial charge in [-0.2, -0.15) is 4.37 Å². The molecule has 1 atom stereocenters. The number of anilines is 1.